The topological polar surface area (TPSA) is 89.1 Å². The van der Waals surface area contributed by atoms with Crippen LogP contribution in [0.2, 0.25) is 0 Å². The van der Waals surface area contributed by atoms with Gasteiger partial charge in [-0.15, -0.1) is 0 Å². The Labute approximate surface area is 127 Å². The number of aliphatic hydroxyl groups is 1. The van der Waals surface area contributed by atoms with Crippen LogP contribution in [0.1, 0.15) is 26.2 Å². The largest absolute Gasteiger partial charge is 0.504 e. The van der Waals surface area contributed by atoms with Crippen molar-refractivity contribution in [2.24, 2.45) is 0 Å². The Balaban J connectivity index is 2.35. The summed E-state index contributed by atoms with van der Waals surface area (Å²) in [5.74, 6) is -0.142. The van der Waals surface area contributed by atoms with E-state index in [4.69, 9.17) is 19.0 Å². The fourth-order valence-corrected chi connectivity index (χ4v) is 2.09. The number of unbranched alkanes of at least 4 members (excludes halogenated alkanes) is 2. The average molecular weight is 308 g/mol. The van der Waals surface area contributed by atoms with E-state index in [2.05, 4.69) is 6.92 Å². The quantitative estimate of drug-likeness (QED) is 0.575. The van der Waals surface area contributed by atoms with E-state index in [0.29, 0.717) is 12.0 Å². The first kappa shape index (κ1) is 16.2. The standard InChI is InChI=1S/C16H20O6/c1-2-3-4-9-21-15-13(18)11-6-5-7-12(20-10-8-17)14(11)22-16(15)19/h5-7,17-18H,2-4,8-10H2,1H3. The van der Waals surface area contributed by atoms with E-state index >= 15 is 0 Å². The van der Waals surface area contributed by atoms with Gasteiger partial charge in [-0.1, -0.05) is 25.8 Å². The normalized spacial score (nSPS) is 10.8. The molecule has 0 saturated heterocycles. The second-order valence-electron chi connectivity index (χ2n) is 4.83. The van der Waals surface area contributed by atoms with E-state index in [9.17, 15) is 9.90 Å². The van der Waals surface area contributed by atoms with Gasteiger partial charge in [-0.2, -0.15) is 0 Å². The first-order chi connectivity index (χ1) is 10.7. The summed E-state index contributed by atoms with van der Waals surface area (Å²) in [5.41, 5.74) is -0.610. The van der Waals surface area contributed by atoms with Gasteiger partial charge in [0.25, 0.3) is 0 Å². The molecule has 22 heavy (non-hydrogen) atoms. The Morgan fingerprint density at radius 2 is 2.00 bits per heavy atom. The molecule has 0 aliphatic heterocycles. The van der Waals surface area contributed by atoms with Crippen LogP contribution in [0.3, 0.4) is 0 Å². The van der Waals surface area contributed by atoms with Crippen LogP contribution < -0.4 is 15.1 Å². The van der Waals surface area contributed by atoms with Gasteiger partial charge >= 0.3 is 5.63 Å². The van der Waals surface area contributed by atoms with Gasteiger partial charge in [-0.3, -0.25) is 0 Å². The minimum atomic E-state index is -0.749. The number of hydrogen-bond acceptors (Lipinski definition) is 6. The molecule has 2 rings (SSSR count). The molecule has 1 heterocycles. The minimum Gasteiger partial charge on any atom is -0.504 e. The summed E-state index contributed by atoms with van der Waals surface area (Å²) in [4.78, 5) is 12.0. The molecule has 0 saturated carbocycles. The third-order valence-corrected chi connectivity index (χ3v) is 3.17. The Morgan fingerprint density at radius 3 is 2.73 bits per heavy atom. The molecule has 0 bridgehead atoms. The molecule has 120 valence electrons. The Morgan fingerprint density at radius 1 is 1.18 bits per heavy atom. The van der Waals surface area contributed by atoms with E-state index in [1.165, 1.54) is 0 Å². The number of ether oxygens (including phenoxy) is 2. The van der Waals surface area contributed by atoms with Gasteiger partial charge in [0.15, 0.2) is 17.1 Å². The molecule has 0 radical (unpaired) electrons. The predicted octanol–water partition coefficient (Wildman–Crippen LogP) is 2.44. The van der Waals surface area contributed by atoms with Crippen LogP contribution in [0.25, 0.3) is 11.0 Å². The zero-order valence-corrected chi connectivity index (χ0v) is 12.5. The zero-order chi connectivity index (χ0) is 15.9. The number of benzene rings is 1. The van der Waals surface area contributed by atoms with E-state index in [-0.39, 0.29) is 36.0 Å². The van der Waals surface area contributed by atoms with E-state index in [1.807, 2.05) is 0 Å². The minimum absolute atomic E-state index is 0.0683. The van der Waals surface area contributed by atoms with Crippen LogP contribution in [0.15, 0.2) is 27.4 Å². The first-order valence-corrected chi connectivity index (χ1v) is 7.34. The molecule has 0 aliphatic rings. The number of aromatic hydroxyl groups is 1. The SMILES string of the molecule is CCCCCOc1c(O)c2cccc(OCCO)c2oc1=O. The zero-order valence-electron chi connectivity index (χ0n) is 12.5. The molecule has 0 amide bonds. The molecule has 0 atom stereocenters. The van der Waals surface area contributed by atoms with Crippen molar-refractivity contribution in [3.63, 3.8) is 0 Å². The monoisotopic (exact) mass is 308 g/mol. The summed E-state index contributed by atoms with van der Waals surface area (Å²) >= 11 is 0. The molecule has 6 heteroatoms. The molecule has 0 spiro atoms. The van der Waals surface area contributed by atoms with Crippen LogP contribution in [0.4, 0.5) is 0 Å². The van der Waals surface area contributed by atoms with Crippen molar-refractivity contribution in [2.45, 2.75) is 26.2 Å². The van der Waals surface area contributed by atoms with E-state index < -0.39 is 5.63 Å². The molecule has 0 fully saturated rings. The lowest BCUT2D eigenvalue weighted by Crippen LogP contribution is -2.09. The molecule has 2 aromatic rings. The Kier molecular flexibility index (Phi) is 5.66. The summed E-state index contributed by atoms with van der Waals surface area (Å²) in [6.45, 7) is 2.32. The second-order valence-corrected chi connectivity index (χ2v) is 4.83. The molecule has 1 aromatic carbocycles. The Hall–Kier alpha value is -2.21. The molecular weight excluding hydrogens is 288 g/mol. The fourth-order valence-electron chi connectivity index (χ4n) is 2.09. The van der Waals surface area contributed by atoms with Gasteiger partial charge in [0.2, 0.25) is 5.75 Å². The van der Waals surface area contributed by atoms with Crippen molar-refractivity contribution in [2.75, 3.05) is 19.8 Å². The highest BCUT2D eigenvalue weighted by Crippen LogP contribution is 2.35. The van der Waals surface area contributed by atoms with Crippen LogP contribution >= 0.6 is 0 Å². The van der Waals surface area contributed by atoms with E-state index in [0.717, 1.165) is 19.3 Å². The number of fused-ring (bicyclic) bond motifs is 1. The predicted molar refractivity (Wildman–Crippen MR) is 81.7 cm³/mol. The van der Waals surface area contributed by atoms with Crippen molar-refractivity contribution in [1.29, 1.82) is 0 Å². The van der Waals surface area contributed by atoms with Gasteiger partial charge in [-0.25, -0.2) is 4.79 Å². The summed E-state index contributed by atoms with van der Waals surface area (Å²) in [7, 11) is 0. The highest BCUT2D eigenvalue weighted by Gasteiger charge is 2.17. The van der Waals surface area contributed by atoms with Crippen LogP contribution in [0, 0.1) is 0 Å². The highest BCUT2D eigenvalue weighted by molar-refractivity contribution is 5.89. The summed E-state index contributed by atoms with van der Waals surface area (Å²) in [5, 5.41) is 19.4. The van der Waals surface area contributed by atoms with Crippen molar-refractivity contribution in [1.82, 2.24) is 0 Å². The maximum atomic E-state index is 12.0. The Bertz CT molecular complexity index is 676. The number of aliphatic hydroxyl groups excluding tert-OH is 1. The summed E-state index contributed by atoms with van der Waals surface area (Å²) < 4.78 is 15.9. The van der Waals surface area contributed by atoms with E-state index in [1.54, 1.807) is 18.2 Å². The highest BCUT2D eigenvalue weighted by atomic mass is 16.5. The maximum absolute atomic E-state index is 12.0. The van der Waals surface area contributed by atoms with Crippen molar-refractivity contribution >= 4 is 11.0 Å². The van der Waals surface area contributed by atoms with Crippen molar-refractivity contribution in [3.8, 4) is 17.2 Å². The van der Waals surface area contributed by atoms with Crippen LogP contribution in [-0.4, -0.2) is 30.0 Å². The number of hydrogen-bond donors (Lipinski definition) is 2. The van der Waals surface area contributed by atoms with Gasteiger partial charge < -0.3 is 24.1 Å². The number of para-hydroxylation sites is 1. The van der Waals surface area contributed by atoms with Crippen molar-refractivity contribution < 1.29 is 24.1 Å². The lowest BCUT2D eigenvalue weighted by atomic mass is 10.2. The number of rotatable bonds is 8. The second kappa shape index (κ2) is 7.70. The third kappa shape index (κ3) is 3.51. The van der Waals surface area contributed by atoms with Gasteiger partial charge in [0.1, 0.15) is 6.61 Å². The summed E-state index contributed by atoms with van der Waals surface area (Å²) in [6, 6.07) is 4.87. The molecule has 2 N–H and O–H groups in total. The molecule has 0 unspecified atom stereocenters. The summed E-state index contributed by atoms with van der Waals surface area (Å²) in [6.07, 6.45) is 2.82. The first-order valence-electron chi connectivity index (χ1n) is 7.34. The maximum Gasteiger partial charge on any atom is 0.383 e. The lowest BCUT2D eigenvalue weighted by molar-refractivity contribution is 0.201. The smallest absolute Gasteiger partial charge is 0.383 e. The molecule has 6 nitrogen and oxygen atoms in total. The van der Waals surface area contributed by atoms with Crippen LogP contribution in [0.5, 0.6) is 17.2 Å². The molecule has 0 aliphatic carbocycles. The lowest BCUT2D eigenvalue weighted by Gasteiger charge is -2.10. The van der Waals surface area contributed by atoms with Crippen molar-refractivity contribution in [3.05, 3.63) is 28.6 Å². The third-order valence-electron chi connectivity index (χ3n) is 3.17. The average Bonchev–Trinajstić information content (AvgIpc) is 2.52. The van der Waals surface area contributed by atoms with Gasteiger partial charge in [-0.05, 0) is 18.6 Å². The van der Waals surface area contributed by atoms with Crippen LogP contribution in [-0.2, 0) is 0 Å². The molecule has 1 aromatic heterocycles. The van der Waals surface area contributed by atoms with Gasteiger partial charge in [0, 0.05) is 0 Å². The molecular formula is C16H20O6. The fraction of sp³-hybridized carbons (Fsp3) is 0.438. The van der Waals surface area contributed by atoms with Gasteiger partial charge in [0.05, 0.1) is 18.6 Å².